The molecule has 0 spiro atoms. The summed E-state index contributed by atoms with van der Waals surface area (Å²) in [6, 6.07) is 5.46. The van der Waals surface area contributed by atoms with Crippen molar-refractivity contribution in [1.29, 1.82) is 0 Å². The second-order valence-corrected chi connectivity index (χ2v) is 7.47. The van der Waals surface area contributed by atoms with Gasteiger partial charge in [0, 0.05) is 0 Å². The van der Waals surface area contributed by atoms with Gasteiger partial charge in [0.05, 0.1) is 5.56 Å². The van der Waals surface area contributed by atoms with Gasteiger partial charge in [-0.1, -0.05) is 63.5 Å². The number of benzene rings is 1. The molecule has 1 saturated carbocycles. The fourth-order valence-electron chi connectivity index (χ4n) is 3.66. The minimum Gasteiger partial charge on any atom is -0.206 e. The van der Waals surface area contributed by atoms with E-state index < -0.39 is 0 Å². The van der Waals surface area contributed by atoms with Crippen molar-refractivity contribution in [2.24, 2.45) is 11.8 Å². The van der Waals surface area contributed by atoms with Gasteiger partial charge < -0.3 is 0 Å². The first-order valence-electron chi connectivity index (χ1n) is 10.2. The highest BCUT2D eigenvalue weighted by Gasteiger charge is 2.18. The molecule has 0 amide bonds. The Balaban J connectivity index is 1.81. The van der Waals surface area contributed by atoms with E-state index in [0.29, 0.717) is 11.5 Å². The molecule has 1 fully saturated rings. The zero-order valence-corrected chi connectivity index (χ0v) is 16.0. The van der Waals surface area contributed by atoms with Gasteiger partial charge in [0.25, 0.3) is 0 Å². The van der Waals surface area contributed by atoms with Gasteiger partial charge in [0.2, 0.25) is 0 Å². The number of rotatable bonds is 7. The zero-order valence-electron chi connectivity index (χ0n) is 16.0. The molecule has 0 nitrogen and oxygen atoms in total. The van der Waals surface area contributed by atoms with Gasteiger partial charge in [-0.2, -0.15) is 0 Å². The van der Waals surface area contributed by atoms with Crippen LogP contribution in [-0.4, -0.2) is 0 Å². The fraction of sp³-hybridized carbons (Fsp3) is 0.583. The second kappa shape index (κ2) is 11.1. The fourth-order valence-corrected chi connectivity index (χ4v) is 3.66. The van der Waals surface area contributed by atoms with Crippen LogP contribution in [0, 0.1) is 29.5 Å². The first kappa shape index (κ1) is 19.8. The molecule has 136 valence electrons. The van der Waals surface area contributed by atoms with Crippen LogP contribution in [0.1, 0.15) is 82.8 Å². The Kier molecular flexibility index (Phi) is 8.81. The van der Waals surface area contributed by atoms with Crippen molar-refractivity contribution in [2.45, 2.75) is 78.1 Å². The number of hydrogen-bond donors (Lipinski definition) is 0. The van der Waals surface area contributed by atoms with Crippen LogP contribution in [0.5, 0.6) is 0 Å². The van der Waals surface area contributed by atoms with Crippen molar-refractivity contribution < 1.29 is 4.39 Å². The third kappa shape index (κ3) is 7.07. The normalized spacial score (nSPS) is 20.4. The van der Waals surface area contributed by atoms with Crippen molar-refractivity contribution in [1.82, 2.24) is 0 Å². The number of hydrogen-bond acceptors (Lipinski definition) is 0. The van der Waals surface area contributed by atoms with Gasteiger partial charge in [-0.15, -0.1) is 0 Å². The highest BCUT2D eigenvalue weighted by Crippen LogP contribution is 2.32. The Morgan fingerprint density at radius 2 is 1.84 bits per heavy atom. The lowest BCUT2D eigenvalue weighted by molar-refractivity contribution is 0.291. The highest BCUT2D eigenvalue weighted by atomic mass is 19.1. The van der Waals surface area contributed by atoms with Crippen LogP contribution in [0.4, 0.5) is 4.39 Å². The summed E-state index contributed by atoms with van der Waals surface area (Å²) >= 11 is 0. The molecule has 0 unspecified atom stereocenters. The standard InChI is InChI=1S/C24H33F/c1-3-5-9-20-13-15-21(16-14-20)11-7-8-12-23-18-17-22(10-6-4-2)19-24(23)25/h7,11,17-21H,3-6,9-10,13-16H2,1-2H3/b11-7+/t20-,21-. The van der Waals surface area contributed by atoms with Crippen LogP contribution in [0.2, 0.25) is 0 Å². The van der Waals surface area contributed by atoms with Crippen molar-refractivity contribution in [3.05, 3.63) is 47.3 Å². The lowest BCUT2D eigenvalue weighted by Gasteiger charge is -2.26. The molecule has 0 aliphatic heterocycles. The maximum Gasteiger partial charge on any atom is 0.139 e. The minimum absolute atomic E-state index is 0.189. The largest absolute Gasteiger partial charge is 0.206 e. The summed E-state index contributed by atoms with van der Waals surface area (Å²) in [4.78, 5) is 0. The van der Waals surface area contributed by atoms with Gasteiger partial charge >= 0.3 is 0 Å². The third-order valence-electron chi connectivity index (χ3n) is 5.37. The van der Waals surface area contributed by atoms with Gasteiger partial charge in [-0.25, -0.2) is 4.39 Å². The third-order valence-corrected chi connectivity index (χ3v) is 5.37. The summed E-state index contributed by atoms with van der Waals surface area (Å²) in [6.07, 6.45) is 16.7. The van der Waals surface area contributed by atoms with Crippen molar-refractivity contribution in [2.75, 3.05) is 0 Å². The second-order valence-electron chi connectivity index (χ2n) is 7.47. The average Bonchev–Trinajstić information content (AvgIpc) is 2.64. The van der Waals surface area contributed by atoms with Gasteiger partial charge in [0.1, 0.15) is 5.82 Å². The van der Waals surface area contributed by atoms with Crippen molar-refractivity contribution >= 4 is 0 Å². The lowest BCUT2D eigenvalue weighted by atomic mass is 9.80. The van der Waals surface area contributed by atoms with E-state index in [1.165, 1.54) is 44.9 Å². The van der Waals surface area contributed by atoms with E-state index in [1.54, 1.807) is 6.07 Å². The van der Waals surface area contributed by atoms with Crippen LogP contribution >= 0.6 is 0 Å². The topological polar surface area (TPSA) is 0 Å². The molecule has 0 heterocycles. The Bertz CT molecular complexity index is 594. The molecule has 0 atom stereocenters. The molecular formula is C24H33F. The molecule has 0 radical (unpaired) electrons. The predicted molar refractivity (Wildman–Crippen MR) is 106 cm³/mol. The summed E-state index contributed by atoms with van der Waals surface area (Å²) in [7, 11) is 0. The molecule has 1 aliphatic rings. The monoisotopic (exact) mass is 340 g/mol. The molecule has 0 saturated heterocycles. The number of aryl methyl sites for hydroxylation is 1. The highest BCUT2D eigenvalue weighted by molar-refractivity contribution is 5.39. The zero-order chi connectivity index (χ0) is 17.9. The average molecular weight is 341 g/mol. The van der Waals surface area contributed by atoms with Gasteiger partial charge in [0.15, 0.2) is 0 Å². The molecule has 1 aromatic rings. The number of allylic oxidation sites excluding steroid dienone is 2. The lowest BCUT2D eigenvalue weighted by Crippen LogP contribution is -2.12. The molecule has 1 aliphatic carbocycles. The first-order valence-corrected chi connectivity index (χ1v) is 10.2. The molecular weight excluding hydrogens is 307 g/mol. The minimum atomic E-state index is -0.189. The van der Waals surface area contributed by atoms with Crippen LogP contribution in [0.25, 0.3) is 0 Å². The van der Waals surface area contributed by atoms with Crippen molar-refractivity contribution in [3.8, 4) is 11.8 Å². The summed E-state index contributed by atoms with van der Waals surface area (Å²) in [6.45, 7) is 4.43. The molecule has 25 heavy (non-hydrogen) atoms. The smallest absolute Gasteiger partial charge is 0.139 e. The summed E-state index contributed by atoms with van der Waals surface area (Å²) < 4.78 is 14.1. The van der Waals surface area contributed by atoms with Crippen molar-refractivity contribution in [3.63, 3.8) is 0 Å². The summed E-state index contributed by atoms with van der Waals surface area (Å²) in [5.74, 6) is 7.40. The van der Waals surface area contributed by atoms with Gasteiger partial charge in [-0.3, -0.25) is 0 Å². The Morgan fingerprint density at radius 1 is 1.08 bits per heavy atom. The Morgan fingerprint density at radius 3 is 2.52 bits per heavy atom. The molecule has 0 aromatic heterocycles. The van der Waals surface area contributed by atoms with Crippen LogP contribution in [-0.2, 0) is 6.42 Å². The van der Waals surface area contributed by atoms with E-state index >= 15 is 0 Å². The van der Waals surface area contributed by atoms with E-state index in [0.717, 1.165) is 30.7 Å². The molecule has 0 N–H and O–H groups in total. The first-order chi connectivity index (χ1) is 12.2. The molecule has 2 rings (SSSR count). The molecule has 1 heteroatoms. The Labute approximate surface area is 153 Å². The maximum atomic E-state index is 14.1. The van der Waals surface area contributed by atoms with E-state index in [9.17, 15) is 4.39 Å². The SMILES string of the molecule is CCCCc1ccc(C#C/C=C/[C@H]2CC[C@H](CCCC)CC2)c(F)c1. The van der Waals surface area contributed by atoms with E-state index in [-0.39, 0.29) is 5.82 Å². The molecule has 1 aromatic carbocycles. The summed E-state index contributed by atoms with van der Waals surface area (Å²) in [5.41, 5.74) is 1.58. The van der Waals surface area contributed by atoms with Crippen LogP contribution < -0.4 is 0 Å². The summed E-state index contributed by atoms with van der Waals surface area (Å²) in [5, 5.41) is 0. The van der Waals surface area contributed by atoms with E-state index in [4.69, 9.17) is 0 Å². The number of halogens is 1. The maximum absolute atomic E-state index is 14.1. The van der Waals surface area contributed by atoms with Gasteiger partial charge in [-0.05, 0) is 74.1 Å². The van der Waals surface area contributed by atoms with E-state index in [2.05, 4.69) is 31.8 Å². The van der Waals surface area contributed by atoms with E-state index in [1.807, 2.05) is 18.2 Å². The Hall–Kier alpha value is -1.55. The van der Waals surface area contributed by atoms with Crippen LogP contribution in [0.3, 0.4) is 0 Å². The number of unbranched alkanes of at least 4 members (excludes halogenated alkanes) is 2. The quantitative estimate of drug-likeness (QED) is 0.465. The predicted octanol–water partition coefficient (Wildman–Crippen LogP) is 7.07. The molecule has 0 bridgehead atoms. The van der Waals surface area contributed by atoms with Crippen LogP contribution in [0.15, 0.2) is 30.4 Å².